The fourth-order valence-corrected chi connectivity index (χ4v) is 18.4. The van der Waals surface area contributed by atoms with E-state index in [1.165, 1.54) is 270 Å². The normalized spacial score (nSPS) is 20.2. The molecule has 2 saturated carbocycles. The second kappa shape index (κ2) is 65.6. The molecule has 2 fully saturated rings. The molecule has 0 aromatic carbocycles. The Morgan fingerprint density at radius 2 is 0.472 bits per heavy atom. The van der Waals surface area contributed by atoms with Crippen LogP contribution in [0.15, 0.2) is 0 Å². The van der Waals surface area contributed by atoms with Gasteiger partial charge in [-0.05, 0) is 236 Å². The van der Waals surface area contributed by atoms with Crippen molar-refractivity contribution in [1.29, 1.82) is 0 Å². The molecule has 123 heavy (non-hydrogen) atoms. The highest BCUT2D eigenvalue weighted by Gasteiger charge is 2.43. The molecule has 9 atom stereocenters. The zero-order valence-electron chi connectivity index (χ0n) is 97.9. The van der Waals surface area contributed by atoms with Crippen LogP contribution in [0.25, 0.3) is 0 Å². The minimum atomic E-state index is 0.433. The molecule has 2 aliphatic carbocycles. The van der Waals surface area contributed by atoms with Crippen molar-refractivity contribution in [1.82, 2.24) is 0 Å². The molecule has 0 nitrogen and oxygen atoms in total. The molecule has 750 valence electrons. The van der Waals surface area contributed by atoms with E-state index in [4.69, 9.17) is 0 Å². The Morgan fingerprint density at radius 3 is 0.675 bits per heavy atom. The summed E-state index contributed by atoms with van der Waals surface area (Å²) < 4.78 is 0. The molecule has 0 aliphatic heterocycles. The standard InChI is InChI=1S/2C19H40.C15H32.2C14H28.3C14H30/c1-16(2)10-8-11-17(3)12-9-13-18(4)14-15-19(5,6)7;1-9-19(8,18(5,6)7)15-11-14-17(4)13-10-12-16(2)3;1-8-13(3)11-10-12-15(7,9-2)14(4,5)6;1-11-7-9-12(10-8-11)14(5,6)13(2,3)4;1-11(2)12-7-9-14(6,10-8-12)13(3,4)5;2*1-12(2)8-7-9-13(3)10-11-14(4,5)6;1-8-14(7,13(4,5)6)11-9-10-12(2)3/h16-18H,8-15H2,1-7H3;16-17H,9-15H2,1-8H3;13H,8-12H2,1-7H3;2*11-12H,7-10H2,1-6H3;2*12-13H,7-11H2,1-6H3;12H,8-11H2,1-7H3. The minimum Gasteiger partial charge on any atom is -0.0651 e. The largest absolute Gasteiger partial charge is 0.0651 e. The van der Waals surface area contributed by atoms with Gasteiger partial charge in [-0.15, -0.1) is 0 Å². The molecular formula is C123H258. The van der Waals surface area contributed by atoms with E-state index in [-0.39, 0.29) is 0 Å². The minimum absolute atomic E-state index is 0.433. The van der Waals surface area contributed by atoms with Crippen LogP contribution in [0.2, 0.25) is 0 Å². The van der Waals surface area contributed by atoms with Gasteiger partial charge in [0.2, 0.25) is 0 Å². The fraction of sp³-hybridized carbons (Fsp3) is 1.00. The third-order valence-electron chi connectivity index (χ3n) is 34.2. The van der Waals surface area contributed by atoms with Crippen LogP contribution in [0.3, 0.4) is 0 Å². The van der Waals surface area contributed by atoms with E-state index in [1.807, 2.05) is 0 Å². The summed E-state index contributed by atoms with van der Waals surface area (Å²) in [6.07, 6.45) is 59.0. The summed E-state index contributed by atoms with van der Waals surface area (Å²) in [4.78, 5) is 0. The maximum absolute atomic E-state index is 2.49. The first-order chi connectivity index (χ1) is 55.4. The van der Waals surface area contributed by atoms with Crippen LogP contribution in [0, 0.1) is 159 Å². The van der Waals surface area contributed by atoms with Crippen LogP contribution in [-0.4, -0.2) is 0 Å². The highest BCUT2D eigenvalue weighted by molar-refractivity contribution is 4.93. The number of hydrogen-bond donors (Lipinski definition) is 0. The monoisotopic (exact) mass is 1740 g/mol. The van der Waals surface area contributed by atoms with Crippen molar-refractivity contribution in [3.05, 3.63) is 0 Å². The summed E-state index contributed by atoms with van der Waals surface area (Å²) >= 11 is 0. The summed E-state index contributed by atoms with van der Waals surface area (Å²) in [5, 5.41) is 0. The lowest BCUT2D eigenvalue weighted by molar-refractivity contribution is 0.0252. The number of rotatable bonds is 44. The SMILES string of the molecule is CC(C)C1CCC(C)(C(C)(C)C)CC1.CC(C)CCCC(C)CCC(C)(C)C.CC(C)CCCC(C)CCC(C)(C)C.CC(C)CCCC(C)CCCC(C)CCC(C)(C)C.CC1CCC(C(C)(C)C(C)(C)C)CC1.CCC(C)(CCCC(C)C)C(C)(C)C.CCC(C)(CCCC(C)CCCC(C)C)C(C)(C)C.CCC(C)CCCC(C)(CC)C(C)(C)C. The lowest BCUT2D eigenvalue weighted by Gasteiger charge is -2.47. The molecule has 0 bridgehead atoms. The molecular weight excluding hydrogens is 1480 g/mol. The summed E-state index contributed by atoms with van der Waals surface area (Å²) in [6, 6.07) is 0. The maximum atomic E-state index is 2.49. The van der Waals surface area contributed by atoms with Crippen molar-refractivity contribution in [2.75, 3.05) is 0 Å². The molecule has 0 radical (unpaired) electrons. The highest BCUT2D eigenvalue weighted by atomic mass is 14.5. The van der Waals surface area contributed by atoms with Gasteiger partial charge < -0.3 is 0 Å². The summed E-state index contributed by atoms with van der Waals surface area (Å²) in [6.45, 7) is 126. The second-order valence-corrected chi connectivity index (χ2v) is 57.0. The second-order valence-electron chi connectivity index (χ2n) is 57.0. The smallest absolute Gasteiger partial charge is 0.0277 e. The van der Waals surface area contributed by atoms with Crippen LogP contribution in [0.1, 0.15) is 637 Å². The zero-order chi connectivity index (χ0) is 97.9. The van der Waals surface area contributed by atoms with Crippen molar-refractivity contribution in [3.8, 4) is 0 Å². The Labute approximate surface area is 790 Å². The van der Waals surface area contributed by atoms with Crippen molar-refractivity contribution < 1.29 is 0 Å². The Morgan fingerprint density at radius 1 is 0.252 bits per heavy atom. The Kier molecular flexibility index (Phi) is 71.3. The van der Waals surface area contributed by atoms with E-state index in [9.17, 15) is 0 Å². The van der Waals surface area contributed by atoms with E-state index in [0.717, 1.165) is 88.8 Å². The third-order valence-corrected chi connectivity index (χ3v) is 34.2. The van der Waals surface area contributed by atoms with Gasteiger partial charge in [-0.3, -0.25) is 0 Å². The molecule has 0 N–H and O–H groups in total. The molecule has 0 heterocycles. The van der Waals surface area contributed by atoms with Gasteiger partial charge in [0.15, 0.2) is 0 Å². The predicted octanol–water partition coefficient (Wildman–Crippen LogP) is 45.4. The molecule has 0 heteroatoms. The lowest BCUT2D eigenvalue weighted by Crippen LogP contribution is -2.38. The van der Waals surface area contributed by atoms with Crippen molar-refractivity contribution >= 4 is 0 Å². The molecule has 0 saturated heterocycles. The van der Waals surface area contributed by atoms with Crippen molar-refractivity contribution in [2.24, 2.45) is 159 Å². The van der Waals surface area contributed by atoms with E-state index >= 15 is 0 Å². The Hall–Kier alpha value is 0. The van der Waals surface area contributed by atoms with E-state index < -0.39 is 0 Å². The lowest BCUT2D eigenvalue weighted by atomic mass is 9.58. The van der Waals surface area contributed by atoms with Gasteiger partial charge in [-0.25, -0.2) is 0 Å². The van der Waals surface area contributed by atoms with Crippen molar-refractivity contribution in [3.63, 3.8) is 0 Å². The fourth-order valence-electron chi connectivity index (χ4n) is 18.4. The molecule has 0 spiro atoms. The van der Waals surface area contributed by atoms with Gasteiger partial charge in [-0.1, -0.05) is 560 Å². The van der Waals surface area contributed by atoms with Crippen LogP contribution < -0.4 is 0 Å². The molecule has 2 rings (SSSR count). The summed E-state index contributed by atoms with van der Waals surface area (Å²) in [5.41, 5.74) is 6.40. The van der Waals surface area contributed by atoms with Gasteiger partial charge in [0.25, 0.3) is 0 Å². The van der Waals surface area contributed by atoms with Gasteiger partial charge in [0, 0.05) is 0 Å². The third kappa shape index (κ3) is 71.3. The topological polar surface area (TPSA) is 0 Å². The first-order valence-electron chi connectivity index (χ1n) is 55.4. The van der Waals surface area contributed by atoms with E-state index in [1.54, 1.807) is 0 Å². The van der Waals surface area contributed by atoms with E-state index in [2.05, 4.69) is 367 Å². The van der Waals surface area contributed by atoms with Gasteiger partial charge >= 0.3 is 0 Å². The first-order valence-corrected chi connectivity index (χ1v) is 55.4. The number of hydrogen-bond acceptors (Lipinski definition) is 0. The maximum Gasteiger partial charge on any atom is -0.0277 e. The van der Waals surface area contributed by atoms with Gasteiger partial charge in [0.1, 0.15) is 0 Å². The predicted molar refractivity (Wildman–Crippen MR) is 579 cm³/mol. The summed E-state index contributed by atoms with van der Waals surface area (Å²) in [5.74, 6) is 13.7. The molecule has 9 unspecified atom stereocenters. The Bertz CT molecular complexity index is 2270. The van der Waals surface area contributed by atoms with E-state index in [0.29, 0.717) is 70.4 Å². The summed E-state index contributed by atoms with van der Waals surface area (Å²) in [7, 11) is 0. The Balaban J connectivity index is -0.000000319. The zero-order valence-corrected chi connectivity index (χ0v) is 97.9. The molecule has 2 aliphatic rings. The average molecular weight is 1740 g/mol. The van der Waals surface area contributed by atoms with Crippen LogP contribution >= 0.6 is 0 Å². The van der Waals surface area contributed by atoms with Crippen LogP contribution in [0.5, 0.6) is 0 Å². The van der Waals surface area contributed by atoms with Crippen LogP contribution in [-0.2, 0) is 0 Å². The first kappa shape index (κ1) is 134. The molecule has 0 aromatic rings. The van der Waals surface area contributed by atoms with Crippen LogP contribution in [0.4, 0.5) is 0 Å². The average Bonchev–Trinajstić information content (AvgIpc) is 0.803. The van der Waals surface area contributed by atoms with Gasteiger partial charge in [0.05, 0.1) is 0 Å². The molecule has 0 amide bonds. The quantitative estimate of drug-likeness (QED) is 0.0570. The van der Waals surface area contributed by atoms with Crippen molar-refractivity contribution in [2.45, 2.75) is 637 Å². The molecule has 0 aromatic heterocycles. The van der Waals surface area contributed by atoms with Gasteiger partial charge in [-0.2, -0.15) is 0 Å². The highest BCUT2D eigenvalue weighted by Crippen LogP contribution is 2.53.